The van der Waals surface area contributed by atoms with Gasteiger partial charge in [-0.3, -0.25) is 4.79 Å². The first-order chi connectivity index (χ1) is 10.2. The lowest BCUT2D eigenvalue weighted by atomic mass is 10.1. The Labute approximate surface area is 124 Å². The molecular weight excluding hydrogens is 272 g/mol. The van der Waals surface area contributed by atoms with Crippen molar-refractivity contribution in [3.8, 4) is 11.5 Å². The summed E-state index contributed by atoms with van der Waals surface area (Å²) in [6.07, 6.45) is 0.415. The van der Waals surface area contributed by atoms with Gasteiger partial charge in [-0.05, 0) is 12.1 Å². The van der Waals surface area contributed by atoms with E-state index in [9.17, 15) is 4.79 Å². The molecule has 1 heterocycles. The first kappa shape index (κ1) is 15.6. The lowest BCUT2D eigenvalue weighted by Gasteiger charge is -2.23. The van der Waals surface area contributed by atoms with E-state index in [0.29, 0.717) is 31.9 Å². The van der Waals surface area contributed by atoms with E-state index in [1.165, 1.54) is 0 Å². The Balaban J connectivity index is 1.85. The minimum atomic E-state index is -0.00382. The third kappa shape index (κ3) is 4.61. The molecule has 6 heteroatoms. The normalized spacial score (nSPS) is 18.1. The van der Waals surface area contributed by atoms with Crippen LogP contribution in [0.25, 0.3) is 0 Å². The highest BCUT2D eigenvalue weighted by Crippen LogP contribution is 2.24. The van der Waals surface area contributed by atoms with Crippen LogP contribution < -0.4 is 20.1 Å². The molecule has 2 N–H and O–H groups in total. The van der Waals surface area contributed by atoms with Gasteiger partial charge in [-0.25, -0.2) is 0 Å². The summed E-state index contributed by atoms with van der Waals surface area (Å²) in [4.78, 5) is 11.9. The van der Waals surface area contributed by atoms with E-state index < -0.39 is 0 Å². The van der Waals surface area contributed by atoms with Gasteiger partial charge in [0.2, 0.25) is 5.91 Å². The maximum atomic E-state index is 11.9. The number of nitrogens with one attached hydrogen (secondary N) is 2. The summed E-state index contributed by atoms with van der Waals surface area (Å²) >= 11 is 0. The molecule has 0 aromatic heterocycles. The van der Waals surface area contributed by atoms with Crippen LogP contribution in [-0.4, -0.2) is 45.9 Å². The number of carbonyl (C=O) groups is 1. The largest absolute Gasteiger partial charge is 0.497 e. The number of hydrogen-bond acceptors (Lipinski definition) is 5. The van der Waals surface area contributed by atoms with Gasteiger partial charge in [0.25, 0.3) is 0 Å². The smallest absolute Gasteiger partial charge is 0.221 e. The van der Waals surface area contributed by atoms with Crippen molar-refractivity contribution in [2.75, 3.05) is 34.0 Å². The topological polar surface area (TPSA) is 68.8 Å². The fraction of sp³-hybridized carbons (Fsp3) is 0.533. The van der Waals surface area contributed by atoms with Crippen LogP contribution in [0.15, 0.2) is 18.2 Å². The van der Waals surface area contributed by atoms with Gasteiger partial charge in [0.15, 0.2) is 0 Å². The van der Waals surface area contributed by atoms with Crippen molar-refractivity contribution in [2.45, 2.75) is 19.0 Å². The number of hydrogen-bond donors (Lipinski definition) is 2. The monoisotopic (exact) mass is 294 g/mol. The van der Waals surface area contributed by atoms with Crippen LogP contribution in [0.3, 0.4) is 0 Å². The molecule has 1 saturated heterocycles. The summed E-state index contributed by atoms with van der Waals surface area (Å²) in [7, 11) is 3.21. The molecule has 6 nitrogen and oxygen atoms in total. The van der Waals surface area contributed by atoms with Crippen molar-refractivity contribution in [3.05, 3.63) is 23.8 Å². The number of carbonyl (C=O) groups excluding carboxylic acids is 1. The highest BCUT2D eigenvalue weighted by atomic mass is 16.5. The van der Waals surface area contributed by atoms with Crippen molar-refractivity contribution in [2.24, 2.45) is 0 Å². The average molecular weight is 294 g/mol. The quantitative estimate of drug-likeness (QED) is 0.808. The molecule has 0 saturated carbocycles. The van der Waals surface area contributed by atoms with Gasteiger partial charge >= 0.3 is 0 Å². The van der Waals surface area contributed by atoms with Crippen LogP contribution in [-0.2, 0) is 16.1 Å². The Morgan fingerprint density at radius 2 is 2.29 bits per heavy atom. The number of benzene rings is 1. The Morgan fingerprint density at radius 3 is 2.95 bits per heavy atom. The zero-order chi connectivity index (χ0) is 15.1. The van der Waals surface area contributed by atoms with E-state index >= 15 is 0 Å². The van der Waals surface area contributed by atoms with Gasteiger partial charge in [-0.15, -0.1) is 0 Å². The zero-order valence-corrected chi connectivity index (χ0v) is 12.5. The van der Waals surface area contributed by atoms with E-state index in [1.807, 2.05) is 12.1 Å². The van der Waals surface area contributed by atoms with E-state index in [-0.39, 0.29) is 11.9 Å². The number of rotatable bonds is 6. The molecular formula is C15H22N2O4. The summed E-state index contributed by atoms with van der Waals surface area (Å²) in [6.45, 7) is 2.52. The molecule has 2 rings (SSSR count). The van der Waals surface area contributed by atoms with Crippen LogP contribution >= 0.6 is 0 Å². The average Bonchev–Trinajstić information content (AvgIpc) is 2.53. The maximum absolute atomic E-state index is 11.9. The summed E-state index contributed by atoms with van der Waals surface area (Å²) in [5.74, 6) is 1.43. The van der Waals surface area contributed by atoms with Gasteiger partial charge in [0, 0.05) is 37.2 Å². The standard InChI is InChI=1S/C15H22N2O4/c1-19-13-4-3-11(14(8-13)20-2)9-17-15(18)7-12-10-21-6-5-16-12/h3-4,8,12,16H,5-7,9-10H2,1-2H3,(H,17,18). The molecule has 0 radical (unpaired) electrons. The van der Waals surface area contributed by atoms with Crippen molar-refractivity contribution in [3.63, 3.8) is 0 Å². The third-order valence-electron chi connectivity index (χ3n) is 3.40. The summed E-state index contributed by atoms with van der Waals surface area (Å²) in [6, 6.07) is 5.63. The molecule has 1 atom stereocenters. The minimum Gasteiger partial charge on any atom is -0.497 e. The van der Waals surface area contributed by atoms with Crippen molar-refractivity contribution >= 4 is 5.91 Å². The molecule has 1 amide bonds. The SMILES string of the molecule is COc1ccc(CNC(=O)CC2COCCN2)c(OC)c1. The molecule has 1 aliphatic rings. The van der Waals surface area contributed by atoms with Gasteiger partial charge in [0.05, 0.1) is 27.4 Å². The molecule has 0 aliphatic carbocycles. The van der Waals surface area contributed by atoms with Crippen molar-refractivity contribution in [1.82, 2.24) is 10.6 Å². The van der Waals surface area contributed by atoms with Crippen LogP contribution in [0.2, 0.25) is 0 Å². The van der Waals surface area contributed by atoms with Gasteiger partial charge in [-0.2, -0.15) is 0 Å². The molecule has 1 aromatic carbocycles. The molecule has 0 spiro atoms. The fourth-order valence-electron chi connectivity index (χ4n) is 2.24. The zero-order valence-electron chi connectivity index (χ0n) is 12.5. The van der Waals surface area contributed by atoms with Crippen molar-refractivity contribution < 1.29 is 19.0 Å². The number of ether oxygens (including phenoxy) is 3. The Morgan fingerprint density at radius 1 is 1.43 bits per heavy atom. The summed E-state index contributed by atoms with van der Waals surface area (Å²) < 4.78 is 15.8. The van der Waals surface area contributed by atoms with Crippen LogP contribution in [0.1, 0.15) is 12.0 Å². The van der Waals surface area contributed by atoms with E-state index in [2.05, 4.69) is 10.6 Å². The van der Waals surface area contributed by atoms with E-state index in [0.717, 1.165) is 17.9 Å². The second-order valence-electron chi connectivity index (χ2n) is 4.88. The molecule has 116 valence electrons. The maximum Gasteiger partial charge on any atom is 0.221 e. The highest BCUT2D eigenvalue weighted by Gasteiger charge is 2.17. The van der Waals surface area contributed by atoms with Gasteiger partial charge in [-0.1, -0.05) is 0 Å². The summed E-state index contributed by atoms with van der Waals surface area (Å²) in [5.41, 5.74) is 0.916. The molecule has 0 bridgehead atoms. The van der Waals surface area contributed by atoms with E-state index in [4.69, 9.17) is 14.2 Å². The van der Waals surface area contributed by atoms with Gasteiger partial charge < -0.3 is 24.8 Å². The van der Waals surface area contributed by atoms with E-state index in [1.54, 1.807) is 20.3 Å². The molecule has 21 heavy (non-hydrogen) atoms. The Kier molecular flexibility index (Phi) is 5.83. The van der Waals surface area contributed by atoms with Crippen LogP contribution in [0.5, 0.6) is 11.5 Å². The van der Waals surface area contributed by atoms with Crippen LogP contribution in [0, 0.1) is 0 Å². The predicted octanol–water partition coefficient (Wildman–Crippen LogP) is 0.699. The Bertz CT molecular complexity index is 473. The van der Waals surface area contributed by atoms with Gasteiger partial charge in [0.1, 0.15) is 11.5 Å². The molecule has 1 aliphatic heterocycles. The molecule has 1 unspecified atom stereocenters. The van der Waals surface area contributed by atoms with Crippen molar-refractivity contribution in [1.29, 1.82) is 0 Å². The first-order valence-electron chi connectivity index (χ1n) is 7.01. The minimum absolute atomic E-state index is 0.00382. The summed E-state index contributed by atoms with van der Waals surface area (Å²) in [5, 5.41) is 6.16. The van der Waals surface area contributed by atoms with Crippen LogP contribution in [0.4, 0.5) is 0 Å². The lowest BCUT2D eigenvalue weighted by Crippen LogP contribution is -2.44. The number of morpholine rings is 1. The highest BCUT2D eigenvalue weighted by molar-refractivity contribution is 5.76. The lowest BCUT2D eigenvalue weighted by molar-refractivity contribution is -0.122. The predicted molar refractivity (Wildman–Crippen MR) is 78.6 cm³/mol. The number of amides is 1. The second kappa shape index (κ2) is 7.85. The fourth-order valence-corrected chi connectivity index (χ4v) is 2.24. The molecule has 1 aromatic rings. The third-order valence-corrected chi connectivity index (χ3v) is 3.40. The Hall–Kier alpha value is -1.79. The first-order valence-corrected chi connectivity index (χ1v) is 7.01. The number of methoxy groups -OCH3 is 2. The second-order valence-corrected chi connectivity index (χ2v) is 4.88. The molecule has 1 fully saturated rings.